The van der Waals surface area contributed by atoms with Crippen molar-refractivity contribution in [1.29, 1.82) is 0 Å². The van der Waals surface area contributed by atoms with Crippen LogP contribution in [0, 0.1) is 13.8 Å². The molecule has 10 heteroatoms. The van der Waals surface area contributed by atoms with Crippen molar-refractivity contribution in [3.63, 3.8) is 0 Å². The van der Waals surface area contributed by atoms with Gasteiger partial charge in [-0.05, 0) is 50.7 Å². The highest BCUT2D eigenvalue weighted by atomic mass is 32.2. The van der Waals surface area contributed by atoms with Crippen LogP contribution in [0.3, 0.4) is 0 Å². The highest BCUT2D eigenvalue weighted by Gasteiger charge is 2.27. The number of nitrogens with two attached hydrogens (primary N) is 1. The van der Waals surface area contributed by atoms with Gasteiger partial charge in [0.25, 0.3) is 5.91 Å². The molecule has 4 rings (SSSR count). The molecule has 1 aliphatic heterocycles. The summed E-state index contributed by atoms with van der Waals surface area (Å²) in [5.74, 6) is -0.126. The summed E-state index contributed by atoms with van der Waals surface area (Å²) in [6, 6.07) is 12.2. The van der Waals surface area contributed by atoms with Crippen molar-refractivity contribution in [1.82, 2.24) is 24.0 Å². The van der Waals surface area contributed by atoms with Gasteiger partial charge in [0.15, 0.2) is 5.82 Å². The van der Waals surface area contributed by atoms with Crippen LogP contribution < -0.4 is 5.73 Å². The second-order valence-electron chi connectivity index (χ2n) is 8.56. The zero-order valence-electron chi connectivity index (χ0n) is 19.5. The zero-order valence-corrected chi connectivity index (χ0v) is 20.3. The minimum atomic E-state index is -3.60. The lowest BCUT2D eigenvalue weighted by atomic mass is 10.1. The topological polar surface area (TPSA) is 114 Å². The molecule has 34 heavy (non-hydrogen) atoms. The average Bonchev–Trinajstić information content (AvgIpc) is 3.26. The van der Waals surface area contributed by atoms with E-state index in [1.807, 2.05) is 33.0 Å². The van der Waals surface area contributed by atoms with Gasteiger partial charge in [0, 0.05) is 37.9 Å². The third-order valence-electron chi connectivity index (χ3n) is 5.78. The van der Waals surface area contributed by atoms with Crippen molar-refractivity contribution in [2.24, 2.45) is 5.73 Å². The largest absolute Gasteiger partial charge is 0.366 e. The maximum atomic E-state index is 13.0. The van der Waals surface area contributed by atoms with Gasteiger partial charge in [-0.25, -0.2) is 18.1 Å². The first-order chi connectivity index (χ1) is 16.1. The Morgan fingerprint density at radius 3 is 2.21 bits per heavy atom. The number of carbonyl (C=O) groups is 1. The van der Waals surface area contributed by atoms with Gasteiger partial charge in [0.1, 0.15) is 6.33 Å². The van der Waals surface area contributed by atoms with Gasteiger partial charge < -0.3 is 10.6 Å². The van der Waals surface area contributed by atoms with Gasteiger partial charge >= 0.3 is 0 Å². The van der Waals surface area contributed by atoms with Crippen molar-refractivity contribution in [3.8, 4) is 11.4 Å². The predicted molar refractivity (Wildman–Crippen MR) is 131 cm³/mol. The maximum absolute atomic E-state index is 13.0. The number of aromatic nitrogens is 3. The molecule has 178 valence electrons. The summed E-state index contributed by atoms with van der Waals surface area (Å²) in [7, 11) is -1.63. The molecule has 0 saturated carbocycles. The van der Waals surface area contributed by atoms with Crippen molar-refractivity contribution in [2.45, 2.75) is 18.7 Å². The maximum Gasteiger partial charge on any atom is 0.250 e. The number of likely N-dealkylation sites (N-methyl/N-ethyl adjacent to an activating group) is 1. The molecule has 1 fully saturated rings. The van der Waals surface area contributed by atoms with E-state index in [9.17, 15) is 13.2 Å². The molecule has 2 N–H and O–H groups in total. The van der Waals surface area contributed by atoms with Crippen LogP contribution in [0.2, 0.25) is 0 Å². The molecule has 2 aromatic carbocycles. The Hall–Kier alpha value is -3.34. The van der Waals surface area contributed by atoms with Crippen molar-refractivity contribution >= 4 is 27.7 Å². The quantitative estimate of drug-likeness (QED) is 0.540. The van der Waals surface area contributed by atoms with E-state index in [1.165, 1.54) is 33.6 Å². The zero-order chi connectivity index (χ0) is 24.5. The van der Waals surface area contributed by atoms with Crippen molar-refractivity contribution in [3.05, 3.63) is 65.5 Å². The van der Waals surface area contributed by atoms with Gasteiger partial charge in [0.05, 0.1) is 10.5 Å². The van der Waals surface area contributed by atoms with E-state index in [-0.39, 0.29) is 10.5 Å². The van der Waals surface area contributed by atoms with E-state index in [0.29, 0.717) is 37.6 Å². The first-order valence-corrected chi connectivity index (χ1v) is 12.4. The fraction of sp³-hybridized carbons (Fsp3) is 0.292. The lowest BCUT2D eigenvalue weighted by molar-refractivity contribution is -0.112. The number of amides is 1. The third-order valence-corrected chi connectivity index (χ3v) is 7.69. The van der Waals surface area contributed by atoms with Crippen LogP contribution in [0.5, 0.6) is 0 Å². The SMILES string of the molecule is Cc1cc(C)cc(-c2ncn(/C=C(/C(N)=O)c3ccc(S(=O)(=O)N4CCN(C)CC4)cc3)n2)c1. The molecule has 3 aromatic rings. The summed E-state index contributed by atoms with van der Waals surface area (Å²) in [6.45, 7) is 6.28. The number of primary amides is 1. The van der Waals surface area contributed by atoms with Crippen LogP contribution in [0.4, 0.5) is 0 Å². The lowest BCUT2D eigenvalue weighted by Gasteiger charge is -2.31. The molecule has 0 radical (unpaired) electrons. The summed E-state index contributed by atoms with van der Waals surface area (Å²) in [5.41, 5.74) is 9.40. The summed E-state index contributed by atoms with van der Waals surface area (Å²) in [5, 5.41) is 4.45. The summed E-state index contributed by atoms with van der Waals surface area (Å²) >= 11 is 0. The Kier molecular flexibility index (Phi) is 6.65. The van der Waals surface area contributed by atoms with Gasteiger partial charge in [-0.3, -0.25) is 4.79 Å². The molecule has 0 unspecified atom stereocenters. The minimum absolute atomic E-state index is 0.183. The molecular formula is C24H28N6O3S. The first-order valence-electron chi connectivity index (χ1n) is 10.9. The van der Waals surface area contributed by atoms with Gasteiger partial charge in [-0.15, -0.1) is 5.10 Å². The normalized spacial score (nSPS) is 16.0. The highest BCUT2D eigenvalue weighted by Crippen LogP contribution is 2.23. The van der Waals surface area contributed by atoms with E-state index in [4.69, 9.17) is 5.73 Å². The molecule has 1 aliphatic rings. The number of carbonyl (C=O) groups excluding carboxylic acids is 1. The minimum Gasteiger partial charge on any atom is -0.366 e. The Bertz CT molecular complexity index is 1320. The molecule has 0 spiro atoms. The Morgan fingerprint density at radius 2 is 1.62 bits per heavy atom. The Morgan fingerprint density at radius 1 is 1.00 bits per heavy atom. The van der Waals surface area contributed by atoms with Crippen LogP contribution in [0.15, 0.2) is 53.7 Å². The number of benzene rings is 2. The van der Waals surface area contributed by atoms with Gasteiger partial charge in [-0.1, -0.05) is 29.3 Å². The van der Waals surface area contributed by atoms with Gasteiger partial charge in [-0.2, -0.15) is 4.31 Å². The van der Waals surface area contributed by atoms with Crippen LogP contribution in [0.25, 0.3) is 23.2 Å². The monoisotopic (exact) mass is 480 g/mol. The Labute approximate surface area is 199 Å². The number of hydrogen-bond donors (Lipinski definition) is 1. The number of nitrogens with zero attached hydrogens (tertiary/aromatic N) is 5. The second kappa shape index (κ2) is 9.49. The standard InChI is InChI=1S/C24H28N6O3S/c1-17-12-18(2)14-20(13-17)24-26-16-29(27-24)15-22(23(25)31)19-4-6-21(7-5-19)34(32,33)30-10-8-28(3)9-11-30/h4-7,12-16H,8-11H2,1-3H3,(H2,25,31)/b22-15+. The lowest BCUT2D eigenvalue weighted by Crippen LogP contribution is -2.46. The smallest absolute Gasteiger partial charge is 0.250 e. The molecule has 9 nitrogen and oxygen atoms in total. The number of aryl methyl sites for hydroxylation is 2. The third kappa shape index (κ3) is 5.09. The fourth-order valence-electron chi connectivity index (χ4n) is 3.97. The van der Waals surface area contributed by atoms with Crippen LogP contribution in [0.1, 0.15) is 16.7 Å². The summed E-state index contributed by atoms with van der Waals surface area (Å²) in [6.07, 6.45) is 2.99. The van der Waals surface area contributed by atoms with Crippen LogP contribution in [-0.4, -0.2) is 71.5 Å². The molecule has 0 bridgehead atoms. The molecule has 1 saturated heterocycles. The first kappa shape index (κ1) is 23.8. The summed E-state index contributed by atoms with van der Waals surface area (Å²) in [4.78, 5) is 18.8. The van der Waals surface area contributed by atoms with E-state index in [0.717, 1.165) is 16.7 Å². The highest BCUT2D eigenvalue weighted by molar-refractivity contribution is 7.89. The van der Waals surface area contributed by atoms with Crippen molar-refractivity contribution in [2.75, 3.05) is 33.2 Å². The molecule has 0 aliphatic carbocycles. The molecule has 1 aromatic heterocycles. The van der Waals surface area contributed by atoms with E-state index in [1.54, 1.807) is 12.1 Å². The number of rotatable bonds is 6. The number of hydrogen-bond acceptors (Lipinski definition) is 6. The summed E-state index contributed by atoms with van der Waals surface area (Å²) < 4.78 is 28.8. The molecule has 0 atom stereocenters. The van der Waals surface area contributed by atoms with Crippen molar-refractivity contribution < 1.29 is 13.2 Å². The number of sulfonamides is 1. The van der Waals surface area contributed by atoms with Crippen LogP contribution >= 0.6 is 0 Å². The fourth-order valence-corrected chi connectivity index (χ4v) is 5.39. The van der Waals surface area contributed by atoms with E-state index >= 15 is 0 Å². The Balaban J connectivity index is 1.60. The number of piperazine rings is 1. The predicted octanol–water partition coefficient (Wildman–Crippen LogP) is 1.98. The van der Waals surface area contributed by atoms with Crippen LogP contribution in [-0.2, 0) is 14.8 Å². The molecule has 2 heterocycles. The second-order valence-corrected chi connectivity index (χ2v) is 10.5. The average molecular weight is 481 g/mol. The van der Waals surface area contributed by atoms with E-state index in [2.05, 4.69) is 21.0 Å². The van der Waals surface area contributed by atoms with E-state index < -0.39 is 15.9 Å². The van der Waals surface area contributed by atoms with Gasteiger partial charge in [0.2, 0.25) is 10.0 Å². The molecular weight excluding hydrogens is 452 g/mol. The molecule has 1 amide bonds.